The van der Waals surface area contributed by atoms with E-state index in [1.807, 2.05) is 19.1 Å². The first kappa shape index (κ1) is 13.9. The van der Waals surface area contributed by atoms with Gasteiger partial charge in [-0.2, -0.15) is 12.6 Å². The molecule has 1 N–H and O–H groups in total. The molecule has 0 unspecified atom stereocenters. The minimum Gasteiger partial charge on any atom is -0.496 e. The Morgan fingerprint density at radius 2 is 2.06 bits per heavy atom. The average molecular weight is 253 g/mol. The van der Waals surface area contributed by atoms with Crippen molar-refractivity contribution in [2.45, 2.75) is 20.3 Å². The van der Waals surface area contributed by atoms with Crippen molar-refractivity contribution >= 4 is 18.5 Å². The van der Waals surface area contributed by atoms with Gasteiger partial charge in [0.25, 0.3) is 0 Å². The third kappa shape index (κ3) is 3.66. The van der Waals surface area contributed by atoms with Gasteiger partial charge >= 0.3 is 0 Å². The zero-order valence-electron chi connectivity index (χ0n) is 10.5. The number of hydrogen-bond donors (Lipinski definition) is 2. The van der Waals surface area contributed by atoms with E-state index in [9.17, 15) is 4.79 Å². The molecular formula is C13H19NO2S. The lowest BCUT2D eigenvalue weighted by Crippen LogP contribution is -2.26. The fraction of sp³-hybridized carbons (Fsp3) is 0.462. The Bertz CT molecular complexity index is 405. The smallest absolute Gasteiger partial charge is 0.229 e. The Labute approximate surface area is 108 Å². The number of nitrogens with one attached hydrogen (secondary N) is 1. The Kier molecular flexibility index (Phi) is 5.35. The fourth-order valence-corrected chi connectivity index (χ4v) is 1.85. The second-order valence-corrected chi connectivity index (χ2v) is 4.25. The van der Waals surface area contributed by atoms with Crippen LogP contribution in [0.15, 0.2) is 12.1 Å². The first-order chi connectivity index (χ1) is 8.10. The summed E-state index contributed by atoms with van der Waals surface area (Å²) < 4.78 is 5.26. The van der Waals surface area contributed by atoms with E-state index >= 15 is 0 Å². The molecule has 0 aliphatic heterocycles. The van der Waals surface area contributed by atoms with Gasteiger partial charge in [-0.3, -0.25) is 4.79 Å². The maximum absolute atomic E-state index is 11.0. The Hall–Kier alpha value is -1.16. The predicted molar refractivity (Wildman–Crippen MR) is 73.0 cm³/mol. The van der Waals surface area contributed by atoms with Gasteiger partial charge in [0.15, 0.2) is 0 Å². The van der Waals surface area contributed by atoms with Crippen LogP contribution >= 0.6 is 12.6 Å². The molecule has 0 heterocycles. The standard InChI is InChI=1S/C13H19NO2S/c1-9-10(2)12(16-3)5-4-11(9)6-7-14-13(15)8-17/h4-5,17H,6-8H2,1-3H3,(H,14,15). The van der Waals surface area contributed by atoms with E-state index in [1.54, 1.807) is 7.11 Å². The van der Waals surface area contributed by atoms with Crippen molar-refractivity contribution in [2.24, 2.45) is 0 Å². The van der Waals surface area contributed by atoms with E-state index in [2.05, 4.69) is 24.9 Å². The van der Waals surface area contributed by atoms with Crippen molar-refractivity contribution < 1.29 is 9.53 Å². The van der Waals surface area contributed by atoms with Crippen LogP contribution < -0.4 is 10.1 Å². The number of carbonyl (C=O) groups excluding carboxylic acids is 1. The zero-order valence-corrected chi connectivity index (χ0v) is 11.4. The monoisotopic (exact) mass is 253 g/mol. The average Bonchev–Trinajstić information content (AvgIpc) is 2.34. The summed E-state index contributed by atoms with van der Waals surface area (Å²) in [4.78, 5) is 11.0. The molecule has 0 aliphatic rings. The molecule has 0 saturated carbocycles. The van der Waals surface area contributed by atoms with Gasteiger partial charge in [-0.25, -0.2) is 0 Å². The van der Waals surface area contributed by atoms with E-state index in [0.717, 1.165) is 17.7 Å². The largest absolute Gasteiger partial charge is 0.496 e. The molecule has 0 spiro atoms. The topological polar surface area (TPSA) is 38.3 Å². The molecule has 0 fully saturated rings. The highest BCUT2D eigenvalue weighted by Gasteiger charge is 2.06. The van der Waals surface area contributed by atoms with E-state index < -0.39 is 0 Å². The fourth-order valence-electron chi connectivity index (χ4n) is 1.74. The minimum absolute atomic E-state index is 0.0313. The molecule has 1 rings (SSSR count). The summed E-state index contributed by atoms with van der Waals surface area (Å²) in [6.07, 6.45) is 0.830. The maximum Gasteiger partial charge on any atom is 0.229 e. The van der Waals surface area contributed by atoms with Crippen LogP contribution in [-0.4, -0.2) is 25.3 Å². The number of rotatable bonds is 5. The molecule has 94 valence electrons. The minimum atomic E-state index is -0.0313. The lowest BCUT2D eigenvalue weighted by molar-refractivity contribution is -0.118. The van der Waals surface area contributed by atoms with E-state index in [4.69, 9.17) is 4.74 Å². The van der Waals surface area contributed by atoms with Crippen LogP contribution in [0.25, 0.3) is 0 Å². The number of hydrogen-bond acceptors (Lipinski definition) is 3. The van der Waals surface area contributed by atoms with Gasteiger partial charge in [0.05, 0.1) is 12.9 Å². The molecule has 0 saturated heterocycles. The number of benzene rings is 1. The molecule has 1 amide bonds. The van der Waals surface area contributed by atoms with Gasteiger partial charge in [0, 0.05) is 6.54 Å². The molecule has 4 heteroatoms. The number of methoxy groups -OCH3 is 1. The van der Waals surface area contributed by atoms with Crippen molar-refractivity contribution in [3.05, 3.63) is 28.8 Å². The summed E-state index contributed by atoms with van der Waals surface area (Å²) >= 11 is 3.91. The van der Waals surface area contributed by atoms with Gasteiger partial charge in [-0.1, -0.05) is 6.07 Å². The molecule has 17 heavy (non-hydrogen) atoms. The SMILES string of the molecule is COc1ccc(CCNC(=O)CS)c(C)c1C. The van der Waals surface area contributed by atoms with Gasteiger partial charge in [0.1, 0.15) is 5.75 Å². The van der Waals surface area contributed by atoms with Gasteiger partial charge in [-0.15, -0.1) is 0 Å². The summed E-state index contributed by atoms with van der Waals surface area (Å²) in [5.74, 6) is 1.11. The summed E-state index contributed by atoms with van der Waals surface area (Å²) in [5, 5.41) is 2.81. The highest BCUT2D eigenvalue weighted by molar-refractivity contribution is 7.81. The van der Waals surface area contributed by atoms with Crippen LogP contribution in [0.5, 0.6) is 5.75 Å². The molecule has 0 aromatic heterocycles. The second kappa shape index (κ2) is 6.55. The Morgan fingerprint density at radius 1 is 1.35 bits per heavy atom. The van der Waals surface area contributed by atoms with Crippen LogP contribution in [0.1, 0.15) is 16.7 Å². The number of ether oxygens (including phenoxy) is 1. The van der Waals surface area contributed by atoms with Crippen LogP contribution in [0.3, 0.4) is 0 Å². The lowest BCUT2D eigenvalue weighted by Gasteiger charge is -2.12. The highest BCUT2D eigenvalue weighted by Crippen LogP contribution is 2.23. The number of carbonyl (C=O) groups is 1. The Morgan fingerprint density at radius 3 is 2.65 bits per heavy atom. The summed E-state index contributed by atoms with van der Waals surface area (Å²) in [6, 6.07) is 4.02. The van der Waals surface area contributed by atoms with Gasteiger partial charge in [-0.05, 0) is 43.0 Å². The van der Waals surface area contributed by atoms with Crippen molar-refractivity contribution in [2.75, 3.05) is 19.4 Å². The first-order valence-electron chi connectivity index (χ1n) is 5.60. The molecule has 0 bridgehead atoms. The molecule has 1 aromatic rings. The molecule has 3 nitrogen and oxygen atoms in total. The lowest BCUT2D eigenvalue weighted by atomic mass is 10.00. The van der Waals surface area contributed by atoms with Crippen LogP contribution in [-0.2, 0) is 11.2 Å². The predicted octanol–water partition coefficient (Wildman–Crippen LogP) is 1.90. The normalized spacial score (nSPS) is 10.1. The zero-order chi connectivity index (χ0) is 12.8. The Balaban J connectivity index is 2.66. The van der Waals surface area contributed by atoms with Crippen LogP contribution in [0, 0.1) is 13.8 Å². The molecule has 0 radical (unpaired) electrons. The number of thiol groups is 1. The maximum atomic E-state index is 11.0. The van der Waals surface area contributed by atoms with Crippen LogP contribution in [0.2, 0.25) is 0 Å². The third-order valence-corrected chi connectivity index (χ3v) is 3.22. The van der Waals surface area contributed by atoms with E-state index in [0.29, 0.717) is 6.54 Å². The first-order valence-corrected chi connectivity index (χ1v) is 6.24. The molecule has 0 atom stereocenters. The quantitative estimate of drug-likeness (QED) is 0.787. The molecule has 1 aromatic carbocycles. The van der Waals surface area contributed by atoms with E-state index in [1.165, 1.54) is 11.1 Å². The highest BCUT2D eigenvalue weighted by atomic mass is 32.1. The summed E-state index contributed by atoms with van der Waals surface area (Å²) in [5.41, 5.74) is 3.62. The van der Waals surface area contributed by atoms with Crippen molar-refractivity contribution in [1.29, 1.82) is 0 Å². The third-order valence-electron chi connectivity index (χ3n) is 2.93. The second-order valence-electron chi connectivity index (χ2n) is 3.94. The van der Waals surface area contributed by atoms with Gasteiger partial charge < -0.3 is 10.1 Å². The van der Waals surface area contributed by atoms with Crippen molar-refractivity contribution in [1.82, 2.24) is 5.32 Å². The molecule has 0 aliphatic carbocycles. The van der Waals surface area contributed by atoms with Gasteiger partial charge in [0.2, 0.25) is 5.91 Å². The molecular weight excluding hydrogens is 234 g/mol. The van der Waals surface area contributed by atoms with Crippen molar-refractivity contribution in [3.8, 4) is 5.75 Å². The summed E-state index contributed by atoms with van der Waals surface area (Å²) in [7, 11) is 1.67. The summed E-state index contributed by atoms with van der Waals surface area (Å²) in [6.45, 7) is 4.77. The van der Waals surface area contributed by atoms with Crippen molar-refractivity contribution in [3.63, 3.8) is 0 Å². The van der Waals surface area contributed by atoms with Crippen LogP contribution in [0.4, 0.5) is 0 Å². The van der Waals surface area contributed by atoms with E-state index in [-0.39, 0.29) is 11.7 Å². The number of amides is 1.